The molecule has 0 atom stereocenters. The van der Waals surface area contributed by atoms with E-state index in [1.807, 2.05) is 12.1 Å². The fraction of sp³-hybridized carbons (Fsp3) is 0.429. The van der Waals surface area contributed by atoms with Gasteiger partial charge in [0, 0.05) is 0 Å². The van der Waals surface area contributed by atoms with Crippen LogP contribution in [0.2, 0.25) is 0 Å². The summed E-state index contributed by atoms with van der Waals surface area (Å²) in [6.45, 7) is 4.19. The van der Waals surface area contributed by atoms with Crippen LogP contribution in [0.1, 0.15) is 25.5 Å². The van der Waals surface area contributed by atoms with Gasteiger partial charge in [-0.15, -0.1) is 0 Å². The van der Waals surface area contributed by atoms with Crippen molar-refractivity contribution < 1.29 is 0 Å². The Hall–Kier alpha value is -0.700. The lowest BCUT2D eigenvalue weighted by atomic mass is 10.1. The second-order valence-electron chi connectivity index (χ2n) is 2.50. The van der Waals surface area contributed by atoms with Gasteiger partial charge in [-0.25, -0.2) is 0 Å². The van der Waals surface area contributed by atoms with E-state index in [0.29, 0.717) is 10.6 Å². The van der Waals surface area contributed by atoms with Gasteiger partial charge in [0.05, 0.1) is 5.69 Å². The maximum atomic E-state index is 4.84. The Morgan fingerprint density at radius 2 is 2.20 bits per heavy atom. The summed E-state index contributed by atoms with van der Waals surface area (Å²) in [6.07, 6.45) is 0. The van der Waals surface area contributed by atoms with Crippen molar-refractivity contribution in [1.82, 2.24) is 10.2 Å². The Kier molecular flexibility index (Phi) is 2.17. The molecular formula is C7H10N2S. The predicted octanol–water partition coefficient (Wildman–Crippen LogP) is 2.26. The van der Waals surface area contributed by atoms with Crippen molar-refractivity contribution in [2.24, 2.45) is 0 Å². The average Bonchev–Trinajstić information content (AvgIpc) is 1.88. The topological polar surface area (TPSA) is 28.7 Å². The average molecular weight is 154 g/mol. The summed E-state index contributed by atoms with van der Waals surface area (Å²) in [6, 6.07) is 3.81. The molecule has 0 aliphatic rings. The molecule has 1 aromatic rings. The number of hydrogen-bond acceptors (Lipinski definition) is 2. The van der Waals surface area contributed by atoms with Crippen molar-refractivity contribution in [3.05, 3.63) is 22.5 Å². The number of nitrogens with zero attached hydrogens (tertiary/aromatic N) is 1. The first-order valence-electron chi connectivity index (χ1n) is 3.26. The molecule has 1 heterocycles. The van der Waals surface area contributed by atoms with Crippen molar-refractivity contribution in [3.63, 3.8) is 0 Å². The molecule has 0 radical (unpaired) electrons. The van der Waals surface area contributed by atoms with Gasteiger partial charge in [-0.1, -0.05) is 26.1 Å². The van der Waals surface area contributed by atoms with Gasteiger partial charge in [-0.05, 0) is 18.1 Å². The molecule has 0 aromatic carbocycles. The Morgan fingerprint density at radius 1 is 1.50 bits per heavy atom. The molecule has 54 valence electrons. The van der Waals surface area contributed by atoms with Gasteiger partial charge in [0.15, 0.2) is 0 Å². The summed E-state index contributed by atoms with van der Waals surface area (Å²) >= 11 is 4.84. The molecule has 1 rings (SSSR count). The van der Waals surface area contributed by atoms with Crippen molar-refractivity contribution in [2.45, 2.75) is 19.8 Å². The highest BCUT2D eigenvalue weighted by Crippen LogP contribution is 2.07. The molecule has 3 heteroatoms. The zero-order valence-electron chi connectivity index (χ0n) is 6.09. The molecule has 10 heavy (non-hydrogen) atoms. The second-order valence-corrected chi connectivity index (χ2v) is 2.94. The SMILES string of the molecule is CC(C)c1ccc(=S)[nH]n1. The van der Waals surface area contributed by atoms with Crippen LogP contribution >= 0.6 is 12.2 Å². The monoisotopic (exact) mass is 154 g/mol. The first kappa shape index (κ1) is 7.41. The lowest BCUT2D eigenvalue weighted by Crippen LogP contribution is -1.93. The van der Waals surface area contributed by atoms with Crippen LogP contribution in [0, 0.1) is 4.64 Å². The third-order valence-electron chi connectivity index (χ3n) is 1.29. The van der Waals surface area contributed by atoms with Gasteiger partial charge in [0.2, 0.25) is 0 Å². The van der Waals surface area contributed by atoms with E-state index in [2.05, 4.69) is 24.0 Å². The van der Waals surface area contributed by atoms with Crippen molar-refractivity contribution in [2.75, 3.05) is 0 Å². The maximum Gasteiger partial charge on any atom is 0.119 e. The van der Waals surface area contributed by atoms with Gasteiger partial charge < -0.3 is 0 Å². The molecule has 0 bridgehead atoms. The quantitative estimate of drug-likeness (QED) is 0.628. The number of hydrogen-bond donors (Lipinski definition) is 1. The highest BCUT2D eigenvalue weighted by atomic mass is 32.1. The summed E-state index contributed by atoms with van der Waals surface area (Å²) in [5.41, 5.74) is 1.05. The fourth-order valence-corrected chi connectivity index (χ4v) is 0.790. The van der Waals surface area contributed by atoms with Gasteiger partial charge in [-0.2, -0.15) is 5.10 Å². The van der Waals surface area contributed by atoms with Gasteiger partial charge in [0.1, 0.15) is 4.64 Å². The van der Waals surface area contributed by atoms with Crippen LogP contribution in [-0.4, -0.2) is 10.2 Å². The van der Waals surface area contributed by atoms with Crippen molar-refractivity contribution in [1.29, 1.82) is 0 Å². The van der Waals surface area contributed by atoms with E-state index >= 15 is 0 Å². The number of aromatic amines is 1. The summed E-state index contributed by atoms with van der Waals surface area (Å²) in [7, 11) is 0. The predicted molar refractivity (Wildman–Crippen MR) is 43.5 cm³/mol. The molecule has 0 aliphatic heterocycles. The minimum Gasteiger partial charge on any atom is -0.268 e. The zero-order chi connectivity index (χ0) is 7.56. The second kappa shape index (κ2) is 2.92. The third kappa shape index (κ3) is 1.64. The highest BCUT2D eigenvalue weighted by Gasteiger charge is 1.97. The van der Waals surface area contributed by atoms with Crippen LogP contribution in [0.5, 0.6) is 0 Å². The minimum atomic E-state index is 0.465. The number of rotatable bonds is 1. The summed E-state index contributed by atoms with van der Waals surface area (Å²) in [5.74, 6) is 0.465. The van der Waals surface area contributed by atoms with Crippen molar-refractivity contribution in [3.8, 4) is 0 Å². The normalized spacial score (nSPS) is 10.3. The van der Waals surface area contributed by atoms with Crippen LogP contribution in [0.3, 0.4) is 0 Å². The molecule has 0 fully saturated rings. The van der Waals surface area contributed by atoms with E-state index in [9.17, 15) is 0 Å². The third-order valence-corrected chi connectivity index (χ3v) is 1.52. The van der Waals surface area contributed by atoms with E-state index in [0.717, 1.165) is 5.69 Å². The van der Waals surface area contributed by atoms with Crippen LogP contribution < -0.4 is 0 Å². The van der Waals surface area contributed by atoms with Gasteiger partial charge in [0.25, 0.3) is 0 Å². The standard InChI is InChI=1S/C7H10N2S/c1-5(2)6-3-4-7(10)9-8-6/h3-5H,1-2H3,(H,9,10). The molecule has 0 unspecified atom stereocenters. The molecule has 0 amide bonds. The fourth-order valence-electron chi connectivity index (χ4n) is 0.677. The van der Waals surface area contributed by atoms with Gasteiger partial charge >= 0.3 is 0 Å². The van der Waals surface area contributed by atoms with E-state index in [4.69, 9.17) is 12.2 Å². The van der Waals surface area contributed by atoms with Crippen molar-refractivity contribution >= 4 is 12.2 Å². The van der Waals surface area contributed by atoms with E-state index in [1.54, 1.807) is 0 Å². The summed E-state index contributed by atoms with van der Waals surface area (Å²) in [5, 5.41) is 6.79. The smallest absolute Gasteiger partial charge is 0.119 e. The van der Waals surface area contributed by atoms with E-state index < -0.39 is 0 Å². The lowest BCUT2D eigenvalue weighted by Gasteiger charge is -2.00. The van der Waals surface area contributed by atoms with Crippen LogP contribution in [0.25, 0.3) is 0 Å². The van der Waals surface area contributed by atoms with Gasteiger partial charge in [-0.3, -0.25) is 5.10 Å². The first-order valence-corrected chi connectivity index (χ1v) is 3.66. The summed E-state index contributed by atoms with van der Waals surface area (Å²) in [4.78, 5) is 0. The number of nitrogens with one attached hydrogen (secondary N) is 1. The molecule has 2 nitrogen and oxygen atoms in total. The highest BCUT2D eigenvalue weighted by molar-refractivity contribution is 7.71. The number of aromatic nitrogens is 2. The Bertz CT molecular complexity index is 244. The Balaban J connectivity index is 3.00. The maximum absolute atomic E-state index is 4.84. The molecule has 0 saturated heterocycles. The first-order chi connectivity index (χ1) is 4.70. The number of H-pyrrole nitrogens is 1. The molecule has 1 aromatic heterocycles. The molecular weight excluding hydrogens is 144 g/mol. The lowest BCUT2D eigenvalue weighted by molar-refractivity contribution is 0.782. The molecule has 0 spiro atoms. The Labute approximate surface area is 65.3 Å². The van der Waals surface area contributed by atoms with Crippen LogP contribution in [-0.2, 0) is 0 Å². The summed E-state index contributed by atoms with van der Waals surface area (Å²) < 4.78 is 0.685. The minimum absolute atomic E-state index is 0.465. The van der Waals surface area contributed by atoms with Crippen LogP contribution in [0.15, 0.2) is 12.1 Å². The Morgan fingerprint density at radius 3 is 2.60 bits per heavy atom. The largest absolute Gasteiger partial charge is 0.268 e. The van der Waals surface area contributed by atoms with E-state index in [1.165, 1.54) is 0 Å². The van der Waals surface area contributed by atoms with Crippen LogP contribution in [0.4, 0.5) is 0 Å². The molecule has 0 saturated carbocycles. The molecule has 0 aliphatic carbocycles. The molecule has 1 N–H and O–H groups in total. The zero-order valence-corrected chi connectivity index (χ0v) is 6.90. The van der Waals surface area contributed by atoms with E-state index in [-0.39, 0.29) is 0 Å².